The highest BCUT2D eigenvalue weighted by Gasteiger charge is 2.30. The molecule has 2 N–H and O–H groups in total. The molecule has 6 aromatic heterocycles. The Labute approximate surface area is 528 Å². The number of ketones is 3. The van der Waals surface area contributed by atoms with Crippen molar-refractivity contribution in [1.29, 1.82) is 0 Å². The molecular formula is C70H49F3O21. The summed E-state index contributed by atoms with van der Waals surface area (Å²) in [7, 11) is 2.20. The van der Waals surface area contributed by atoms with E-state index in [1.165, 1.54) is 60.7 Å². The number of hydrogen-bond acceptors (Lipinski definition) is 20. The summed E-state index contributed by atoms with van der Waals surface area (Å²) in [5.74, 6) is -11.4. The summed E-state index contributed by atoms with van der Waals surface area (Å²) in [6.07, 6.45) is 0.910. The molecule has 476 valence electrons. The number of benzene rings is 5. The van der Waals surface area contributed by atoms with E-state index in [0.29, 0.717) is 36.5 Å². The highest BCUT2D eigenvalue weighted by atomic mass is 19.1. The molecule has 0 amide bonds. The first-order chi connectivity index (χ1) is 45.2. The van der Waals surface area contributed by atoms with E-state index in [2.05, 4.69) is 9.47 Å². The number of furan rings is 3. The van der Waals surface area contributed by atoms with E-state index in [1.807, 2.05) is 12.1 Å². The van der Waals surface area contributed by atoms with Crippen molar-refractivity contribution in [2.24, 2.45) is 0 Å². The van der Waals surface area contributed by atoms with Crippen LogP contribution >= 0.6 is 0 Å². The molecule has 11 aromatic rings. The maximum absolute atomic E-state index is 13.2. The van der Waals surface area contributed by atoms with Crippen LogP contribution < -0.4 is 25.8 Å². The van der Waals surface area contributed by atoms with Gasteiger partial charge in [-0.3, -0.25) is 28.8 Å². The predicted octanol–water partition coefficient (Wildman–Crippen LogP) is 11.7. The third kappa shape index (κ3) is 16.8. The van der Waals surface area contributed by atoms with Crippen molar-refractivity contribution in [2.45, 2.75) is 32.5 Å². The van der Waals surface area contributed by atoms with E-state index >= 15 is 0 Å². The van der Waals surface area contributed by atoms with Gasteiger partial charge in [0.25, 0.3) is 17.3 Å². The van der Waals surface area contributed by atoms with E-state index in [1.54, 1.807) is 97.1 Å². The average molecular weight is 1280 g/mol. The van der Waals surface area contributed by atoms with Gasteiger partial charge in [0.2, 0.25) is 68.1 Å². The summed E-state index contributed by atoms with van der Waals surface area (Å²) in [5.41, 5.74) is 1.29. The molecule has 0 spiro atoms. The summed E-state index contributed by atoms with van der Waals surface area (Å²) in [6.45, 7) is -0.0380. The van der Waals surface area contributed by atoms with Gasteiger partial charge in [-0.25, -0.2) is 27.6 Å². The molecule has 6 heterocycles. The van der Waals surface area contributed by atoms with Gasteiger partial charge in [0.15, 0.2) is 17.3 Å². The fourth-order valence-corrected chi connectivity index (χ4v) is 8.68. The molecule has 0 radical (unpaired) electrons. The third-order valence-electron chi connectivity index (χ3n) is 13.3. The number of rotatable bonds is 21. The van der Waals surface area contributed by atoms with Gasteiger partial charge < -0.3 is 55.7 Å². The van der Waals surface area contributed by atoms with Gasteiger partial charge >= 0.3 is 17.9 Å². The number of ether oxygens (including phenoxy) is 4. The first-order valence-corrected chi connectivity index (χ1v) is 27.8. The van der Waals surface area contributed by atoms with Gasteiger partial charge in [-0.05, 0) is 101 Å². The van der Waals surface area contributed by atoms with Crippen LogP contribution in [0.3, 0.4) is 0 Å². The number of carboxylic acids is 1. The van der Waals surface area contributed by atoms with Gasteiger partial charge in [-0.1, -0.05) is 97.1 Å². The molecular weight excluding hydrogens is 1230 g/mol. The monoisotopic (exact) mass is 1280 g/mol. The Hall–Kier alpha value is -12.6. The number of esters is 2. The van der Waals surface area contributed by atoms with Crippen LogP contribution in [0.25, 0.3) is 0 Å². The normalized spacial score (nSPS) is 10.6. The molecule has 0 aliphatic heterocycles. The molecule has 21 nitrogen and oxygen atoms in total. The van der Waals surface area contributed by atoms with Crippen molar-refractivity contribution in [1.82, 2.24) is 0 Å². The van der Waals surface area contributed by atoms with Crippen molar-refractivity contribution in [3.8, 4) is 17.2 Å². The second kappa shape index (κ2) is 30.3. The van der Waals surface area contributed by atoms with Crippen LogP contribution in [0.5, 0.6) is 17.2 Å². The van der Waals surface area contributed by atoms with E-state index in [4.69, 9.17) is 36.0 Å². The number of carbonyl (C=O) groups excluding carboxylic acids is 5. The lowest BCUT2D eigenvalue weighted by Gasteiger charge is -2.10. The average Bonchev–Trinajstić information content (AvgIpc) is 1.51. The fourth-order valence-electron chi connectivity index (χ4n) is 8.68. The maximum atomic E-state index is 13.2. The molecule has 0 atom stereocenters. The number of halogens is 3. The van der Waals surface area contributed by atoms with Crippen LogP contribution in [0.4, 0.5) is 13.2 Å². The number of aromatic hydroxyl groups is 1. The van der Waals surface area contributed by atoms with E-state index in [-0.39, 0.29) is 53.7 Å². The molecule has 0 aliphatic rings. The van der Waals surface area contributed by atoms with Gasteiger partial charge in [0, 0.05) is 37.5 Å². The highest BCUT2D eigenvalue weighted by Crippen LogP contribution is 2.27. The van der Waals surface area contributed by atoms with Gasteiger partial charge in [0.05, 0.1) is 14.2 Å². The summed E-state index contributed by atoms with van der Waals surface area (Å²) in [4.78, 5) is 111. The molecule has 5 aromatic carbocycles. The van der Waals surface area contributed by atoms with E-state index in [0.717, 1.165) is 60.2 Å². The molecule has 0 saturated carbocycles. The van der Waals surface area contributed by atoms with Crippen LogP contribution in [0.15, 0.2) is 229 Å². The second-order valence-corrected chi connectivity index (χ2v) is 20.0. The Bertz CT molecular complexity index is 4730. The largest absolute Gasteiger partial charge is 0.501 e. The van der Waals surface area contributed by atoms with Crippen LogP contribution in [0.1, 0.15) is 126 Å². The van der Waals surface area contributed by atoms with Crippen molar-refractivity contribution in [3.05, 3.63) is 333 Å². The standard InChI is InChI=1S/C26H19FO7.C25H17FO7.C19H13FO7/c1-31-26(30)22-14-20(28)24(32-15-17-5-3-2-4-6-17)25(34-22)23(29)21-12-11-19(33-21)13-16-7-9-18(27)10-8-16;26-17-8-6-15(7-9-17)12-18-10-11-20(32-18)22(28)24-23(19(27)13-21(33-24)25(29)30)31-14-16-4-2-1-3-5-16;1-25-19(24)15-9-13(21)16(22)18(27-15)17(23)14-7-6-12(26-14)8-10-2-4-11(20)5-3-10/h2-12,14H,13,15H2,1H3;1-11,13H,12,14H2,(H,29,30);2-7,9,22H,8H2,1H3. The van der Waals surface area contributed by atoms with Gasteiger partial charge in [-0.15, -0.1) is 0 Å². The van der Waals surface area contributed by atoms with Crippen LogP contribution in [-0.4, -0.2) is 59.7 Å². The Balaban J connectivity index is 0.000000167. The number of carbonyl (C=O) groups is 6. The first kappa shape index (κ1) is 65.8. The number of carboxylic acid groups (broad SMARTS) is 1. The third-order valence-corrected chi connectivity index (χ3v) is 13.3. The zero-order valence-electron chi connectivity index (χ0n) is 49.2. The van der Waals surface area contributed by atoms with Crippen molar-refractivity contribution in [2.75, 3.05) is 14.2 Å². The Morgan fingerprint density at radius 1 is 0.372 bits per heavy atom. The summed E-state index contributed by atoms with van der Waals surface area (Å²) in [5, 5.41) is 19.1. The van der Waals surface area contributed by atoms with Crippen molar-refractivity contribution >= 4 is 35.3 Å². The second-order valence-electron chi connectivity index (χ2n) is 20.0. The fraction of sp³-hybridized carbons (Fsp3) is 0.100. The topological polar surface area (TPSA) is 310 Å². The summed E-state index contributed by atoms with van der Waals surface area (Å²) in [6, 6.07) is 46.5. The van der Waals surface area contributed by atoms with Gasteiger partial charge in [0.1, 0.15) is 47.9 Å². The Morgan fingerprint density at radius 2 is 0.691 bits per heavy atom. The zero-order chi connectivity index (χ0) is 67.0. The SMILES string of the molecule is COC(=O)c1cc(=O)c(O)c(C(=O)c2ccc(Cc3ccc(F)cc3)o2)o1.COC(=O)c1cc(=O)c(OCc2ccccc2)c(C(=O)c2ccc(Cc3ccc(F)cc3)o2)o1.O=C(O)c1cc(=O)c(OCc2ccccc2)c(C(=O)c2ccc(Cc3ccc(F)cc3)o2)o1. The lowest BCUT2D eigenvalue weighted by Crippen LogP contribution is -2.17. The number of aromatic carboxylic acids is 1. The molecule has 0 saturated heterocycles. The quantitative estimate of drug-likeness (QED) is 0.0499. The molecule has 24 heteroatoms. The van der Waals surface area contributed by atoms with Gasteiger partial charge in [-0.2, -0.15) is 0 Å². The maximum Gasteiger partial charge on any atom is 0.374 e. The van der Waals surface area contributed by atoms with Crippen molar-refractivity contribution < 1.29 is 97.6 Å². The van der Waals surface area contributed by atoms with Crippen molar-refractivity contribution in [3.63, 3.8) is 0 Å². The minimum Gasteiger partial charge on any atom is -0.501 e. The molecule has 0 aliphatic carbocycles. The van der Waals surface area contributed by atoms with Crippen LogP contribution in [0, 0.1) is 17.5 Å². The zero-order valence-corrected chi connectivity index (χ0v) is 49.2. The lowest BCUT2D eigenvalue weighted by molar-refractivity contribution is 0.0549. The molecule has 0 fully saturated rings. The number of methoxy groups -OCH3 is 2. The highest BCUT2D eigenvalue weighted by molar-refractivity contribution is 6.08. The lowest BCUT2D eigenvalue weighted by atomic mass is 10.1. The van der Waals surface area contributed by atoms with E-state index in [9.17, 15) is 66.5 Å². The minimum absolute atomic E-state index is 0.00256. The summed E-state index contributed by atoms with van der Waals surface area (Å²) < 4.78 is 91.7. The van der Waals surface area contributed by atoms with Crippen LogP contribution in [-0.2, 0) is 41.9 Å². The Kier molecular flexibility index (Phi) is 21.2. The van der Waals surface area contributed by atoms with Crippen LogP contribution in [0.2, 0.25) is 0 Å². The molecule has 11 rings (SSSR count). The summed E-state index contributed by atoms with van der Waals surface area (Å²) >= 11 is 0. The number of hydrogen-bond donors (Lipinski definition) is 2. The Morgan fingerprint density at radius 3 is 1.04 bits per heavy atom. The predicted molar refractivity (Wildman–Crippen MR) is 322 cm³/mol. The minimum atomic E-state index is -1.51. The molecule has 94 heavy (non-hydrogen) atoms. The smallest absolute Gasteiger partial charge is 0.374 e. The van der Waals surface area contributed by atoms with E-state index < -0.39 is 97.6 Å². The molecule has 0 bridgehead atoms. The molecule has 0 unspecified atom stereocenters. The first-order valence-electron chi connectivity index (χ1n) is 27.8.